The number of hydrogen-bond donors (Lipinski definition) is 1. The van der Waals surface area contributed by atoms with Gasteiger partial charge in [0.25, 0.3) is 0 Å². The molecule has 5 nitrogen and oxygen atoms in total. The van der Waals surface area contributed by atoms with Crippen molar-refractivity contribution in [2.75, 3.05) is 13.2 Å². The zero-order valence-electron chi connectivity index (χ0n) is 11.6. The quantitative estimate of drug-likeness (QED) is 0.764. The summed E-state index contributed by atoms with van der Waals surface area (Å²) in [5, 5.41) is 3.26. The summed E-state index contributed by atoms with van der Waals surface area (Å²) < 4.78 is 10.1. The van der Waals surface area contributed by atoms with Gasteiger partial charge in [-0.1, -0.05) is 0 Å². The Morgan fingerprint density at radius 1 is 1.00 bits per heavy atom. The zero-order chi connectivity index (χ0) is 13.7. The summed E-state index contributed by atoms with van der Waals surface area (Å²) in [7, 11) is 0. The first-order chi connectivity index (χ1) is 8.51. The Balaban J connectivity index is 2.71. The molecule has 0 spiro atoms. The predicted octanol–water partition coefficient (Wildman–Crippen LogP) is 1.12. The van der Waals surface area contributed by atoms with Gasteiger partial charge in [0.1, 0.15) is 0 Å². The fraction of sp³-hybridized carbons (Fsp3) is 0.846. The van der Waals surface area contributed by atoms with Gasteiger partial charge in [0.2, 0.25) is 0 Å². The number of esters is 2. The van der Waals surface area contributed by atoms with Gasteiger partial charge in [-0.25, -0.2) is 0 Å². The maximum absolute atomic E-state index is 11.8. The molecule has 0 aromatic rings. The van der Waals surface area contributed by atoms with Gasteiger partial charge in [-0.2, -0.15) is 0 Å². The second-order valence-electron chi connectivity index (χ2n) is 4.70. The fourth-order valence-electron chi connectivity index (χ4n) is 2.43. The fourth-order valence-corrected chi connectivity index (χ4v) is 2.43. The summed E-state index contributed by atoms with van der Waals surface area (Å²) in [5.74, 6) is -1.04. The summed E-state index contributed by atoms with van der Waals surface area (Å²) in [5.41, 5.74) is 0. The maximum Gasteiger partial charge on any atom is 0.310 e. The van der Waals surface area contributed by atoms with Gasteiger partial charge in [-0.3, -0.25) is 9.59 Å². The number of rotatable bonds is 4. The van der Waals surface area contributed by atoms with Crippen LogP contribution in [0.15, 0.2) is 0 Å². The minimum absolute atomic E-state index is 0.0183. The summed E-state index contributed by atoms with van der Waals surface area (Å²) in [6.07, 6.45) is 0.493. The van der Waals surface area contributed by atoms with E-state index in [2.05, 4.69) is 5.32 Å². The first-order valence-electron chi connectivity index (χ1n) is 6.60. The first-order valence-corrected chi connectivity index (χ1v) is 6.60. The molecule has 0 saturated carbocycles. The second kappa shape index (κ2) is 6.73. The van der Waals surface area contributed by atoms with Crippen LogP contribution in [-0.2, 0) is 19.1 Å². The van der Waals surface area contributed by atoms with Gasteiger partial charge in [0, 0.05) is 12.1 Å². The van der Waals surface area contributed by atoms with Gasteiger partial charge >= 0.3 is 11.9 Å². The van der Waals surface area contributed by atoms with E-state index in [1.54, 1.807) is 13.8 Å². The van der Waals surface area contributed by atoms with E-state index in [4.69, 9.17) is 9.47 Å². The average Bonchev–Trinajstić information content (AvgIpc) is 2.29. The topological polar surface area (TPSA) is 64.6 Å². The van der Waals surface area contributed by atoms with E-state index in [1.807, 2.05) is 13.8 Å². The summed E-state index contributed by atoms with van der Waals surface area (Å²) in [6, 6.07) is 0.0365. The molecule has 0 unspecified atom stereocenters. The number of carbonyl (C=O) groups excluding carboxylic acids is 2. The van der Waals surface area contributed by atoms with Crippen LogP contribution in [0.4, 0.5) is 0 Å². The van der Waals surface area contributed by atoms with Crippen LogP contribution in [0.5, 0.6) is 0 Å². The van der Waals surface area contributed by atoms with Crippen LogP contribution in [0.25, 0.3) is 0 Å². The van der Waals surface area contributed by atoms with E-state index in [1.165, 1.54) is 0 Å². The van der Waals surface area contributed by atoms with Crippen LogP contribution in [-0.4, -0.2) is 37.2 Å². The molecule has 1 saturated heterocycles. The van der Waals surface area contributed by atoms with Crippen molar-refractivity contribution >= 4 is 11.9 Å². The SMILES string of the molecule is CCOC(=O)[C@H]1C[C@H](C(=O)OCC)[C@@H](C)N[C@H]1C. The van der Waals surface area contributed by atoms with E-state index in [9.17, 15) is 9.59 Å². The minimum Gasteiger partial charge on any atom is -0.466 e. The Morgan fingerprint density at radius 3 is 1.72 bits per heavy atom. The molecule has 1 N–H and O–H groups in total. The van der Waals surface area contributed by atoms with Crippen molar-refractivity contribution in [2.45, 2.75) is 46.2 Å². The maximum atomic E-state index is 11.8. The normalized spacial score (nSPS) is 31.8. The van der Waals surface area contributed by atoms with E-state index in [0.29, 0.717) is 19.6 Å². The highest BCUT2D eigenvalue weighted by molar-refractivity contribution is 5.77. The molecule has 0 aliphatic carbocycles. The summed E-state index contributed by atoms with van der Waals surface area (Å²) in [4.78, 5) is 23.7. The molecule has 0 aromatic carbocycles. The number of hydrogen-bond acceptors (Lipinski definition) is 5. The van der Waals surface area contributed by atoms with Gasteiger partial charge in [-0.05, 0) is 34.1 Å². The van der Waals surface area contributed by atoms with E-state index >= 15 is 0 Å². The average molecular weight is 257 g/mol. The molecule has 1 aliphatic rings. The molecule has 0 radical (unpaired) electrons. The van der Waals surface area contributed by atoms with E-state index < -0.39 is 0 Å². The van der Waals surface area contributed by atoms with Crippen molar-refractivity contribution in [1.82, 2.24) is 5.32 Å². The van der Waals surface area contributed by atoms with Crippen LogP contribution in [0.1, 0.15) is 34.1 Å². The summed E-state index contributed by atoms with van der Waals surface area (Å²) >= 11 is 0. The highest BCUT2D eigenvalue weighted by atomic mass is 16.5. The lowest BCUT2D eigenvalue weighted by molar-refractivity contribution is -0.156. The molecule has 5 heteroatoms. The van der Waals surface area contributed by atoms with E-state index in [-0.39, 0.29) is 35.9 Å². The number of ether oxygens (including phenoxy) is 2. The lowest BCUT2D eigenvalue weighted by atomic mass is 9.81. The molecule has 1 aliphatic heterocycles. The van der Waals surface area contributed by atoms with Crippen molar-refractivity contribution in [3.8, 4) is 0 Å². The lowest BCUT2D eigenvalue weighted by Crippen LogP contribution is -2.54. The van der Waals surface area contributed by atoms with Crippen molar-refractivity contribution in [3.63, 3.8) is 0 Å². The Hall–Kier alpha value is -1.10. The predicted molar refractivity (Wildman–Crippen MR) is 66.9 cm³/mol. The third-order valence-corrected chi connectivity index (χ3v) is 3.42. The lowest BCUT2D eigenvalue weighted by Gasteiger charge is -2.37. The molecule has 0 amide bonds. The third-order valence-electron chi connectivity index (χ3n) is 3.42. The van der Waals surface area contributed by atoms with Gasteiger partial charge in [0.15, 0.2) is 0 Å². The molecule has 1 fully saturated rings. The van der Waals surface area contributed by atoms with Crippen molar-refractivity contribution in [3.05, 3.63) is 0 Å². The molecule has 104 valence electrons. The highest BCUT2D eigenvalue weighted by Gasteiger charge is 2.40. The molecule has 4 atom stereocenters. The van der Waals surface area contributed by atoms with Gasteiger partial charge < -0.3 is 14.8 Å². The van der Waals surface area contributed by atoms with Crippen LogP contribution in [0.3, 0.4) is 0 Å². The smallest absolute Gasteiger partial charge is 0.310 e. The number of nitrogens with one attached hydrogen (secondary N) is 1. The molecule has 1 rings (SSSR count). The highest BCUT2D eigenvalue weighted by Crippen LogP contribution is 2.27. The van der Waals surface area contributed by atoms with Gasteiger partial charge in [-0.15, -0.1) is 0 Å². The standard InChI is InChI=1S/C13H23NO4/c1-5-17-12(15)10-7-11(13(16)18-6-2)9(4)14-8(10)3/h8-11,14H,5-7H2,1-4H3/t8-,9+,10-,11-/m0/s1. The van der Waals surface area contributed by atoms with E-state index in [0.717, 1.165) is 0 Å². The monoisotopic (exact) mass is 257 g/mol. The first kappa shape index (κ1) is 15.0. The Kier molecular flexibility index (Phi) is 5.59. The van der Waals surface area contributed by atoms with Crippen molar-refractivity contribution in [2.24, 2.45) is 11.8 Å². The molecule has 1 heterocycles. The minimum atomic E-state index is -0.282. The Bertz CT molecular complexity index is 277. The Labute approximate surface area is 108 Å². The molecule has 0 bridgehead atoms. The van der Waals surface area contributed by atoms with Gasteiger partial charge in [0.05, 0.1) is 25.0 Å². The second-order valence-corrected chi connectivity index (χ2v) is 4.70. The van der Waals surface area contributed by atoms with Crippen LogP contribution in [0.2, 0.25) is 0 Å². The zero-order valence-corrected chi connectivity index (χ0v) is 11.6. The Morgan fingerprint density at radius 2 is 1.39 bits per heavy atom. The number of carbonyl (C=O) groups is 2. The van der Waals surface area contributed by atoms with Crippen molar-refractivity contribution in [1.29, 1.82) is 0 Å². The molecular weight excluding hydrogens is 234 g/mol. The molecule has 0 aromatic heterocycles. The summed E-state index contributed by atoms with van der Waals surface area (Å²) in [6.45, 7) is 8.18. The van der Waals surface area contributed by atoms with Crippen LogP contribution < -0.4 is 5.32 Å². The molecular formula is C13H23NO4. The third kappa shape index (κ3) is 3.45. The van der Waals surface area contributed by atoms with Crippen molar-refractivity contribution < 1.29 is 19.1 Å². The number of piperidine rings is 1. The van der Waals surface area contributed by atoms with Crippen LogP contribution >= 0.6 is 0 Å². The van der Waals surface area contributed by atoms with Crippen LogP contribution in [0, 0.1) is 11.8 Å². The largest absolute Gasteiger partial charge is 0.466 e. The molecule has 18 heavy (non-hydrogen) atoms.